The van der Waals surface area contributed by atoms with Crippen LogP contribution in [0.25, 0.3) is 10.8 Å². The molecule has 5 heteroatoms. The monoisotopic (exact) mass is 357 g/mol. The summed E-state index contributed by atoms with van der Waals surface area (Å²) in [6.07, 6.45) is 1.39. The van der Waals surface area contributed by atoms with Gasteiger partial charge >= 0.3 is 0 Å². The molecule has 0 aliphatic carbocycles. The smallest absolute Gasteiger partial charge is 0.267 e. The van der Waals surface area contributed by atoms with Gasteiger partial charge in [0.25, 0.3) is 5.91 Å². The second-order valence-corrected chi connectivity index (χ2v) is 6.32. The summed E-state index contributed by atoms with van der Waals surface area (Å²) in [7, 11) is 0. The molecule has 0 saturated heterocycles. The highest BCUT2D eigenvalue weighted by Gasteiger charge is 2.12. The van der Waals surface area contributed by atoms with Gasteiger partial charge in [0.2, 0.25) is 0 Å². The van der Waals surface area contributed by atoms with Crippen molar-refractivity contribution in [2.45, 2.75) is 13.8 Å². The van der Waals surface area contributed by atoms with Crippen molar-refractivity contribution in [3.8, 4) is 11.8 Å². The maximum absolute atomic E-state index is 12.5. The lowest BCUT2D eigenvalue weighted by Crippen LogP contribution is -2.14. The third-order valence-electron chi connectivity index (χ3n) is 4.12. The Kier molecular flexibility index (Phi) is 5.09. The fraction of sp³-hybridized carbons (Fsp3) is 0.0909. The molecule has 3 N–H and O–H groups in total. The SMILES string of the molecule is Cc1cc(C)cc(N/C=C(/C#N)C(=O)Nc2cccc3c(O)cccc23)c1. The van der Waals surface area contributed by atoms with Gasteiger partial charge in [0.05, 0.1) is 0 Å². The molecule has 0 aliphatic heterocycles. The van der Waals surface area contributed by atoms with Gasteiger partial charge in [-0.15, -0.1) is 0 Å². The first-order chi connectivity index (χ1) is 13.0. The maximum Gasteiger partial charge on any atom is 0.267 e. The first-order valence-corrected chi connectivity index (χ1v) is 8.45. The normalized spacial score (nSPS) is 11.1. The quantitative estimate of drug-likeness (QED) is 0.470. The molecule has 0 fully saturated rings. The molecule has 134 valence electrons. The number of phenols is 1. The van der Waals surface area contributed by atoms with Crippen LogP contribution in [0.2, 0.25) is 0 Å². The number of nitriles is 1. The van der Waals surface area contributed by atoms with Crippen LogP contribution in [-0.4, -0.2) is 11.0 Å². The van der Waals surface area contributed by atoms with Crippen molar-refractivity contribution in [1.29, 1.82) is 5.26 Å². The first-order valence-electron chi connectivity index (χ1n) is 8.45. The summed E-state index contributed by atoms with van der Waals surface area (Å²) >= 11 is 0. The Labute approximate surface area is 157 Å². The van der Waals surface area contributed by atoms with Crippen molar-refractivity contribution in [3.05, 3.63) is 77.5 Å². The topological polar surface area (TPSA) is 85.2 Å². The van der Waals surface area contributed by atoms with Crippen molar-refractivity contribution in [3.63, 3.8) is 0 Å². The minimum atomic E-state index is -0.523. The predicted molar refractivity (Wildman–Crippen MR) is 107 cm³/mol. The largest absolute Gasteiger partial charge is 0.507 e. The summed E-state index contributed by atoms with van der Waals surface area (Å²) in [6, 6.07) is 18.2. The van der Waals surface area contributed by atoms with Crippen LogP contribution in [0.5, 0.6) is 5.75 Å². The molecule has 0 unspecified atom stereocenters. The molecular formula is C22H19N3O2. The number of amides is 1. The number of anilines is 2. The van der Waals surface area contributed by atoms with Gasteiger partial charge in [-0.05, 0) is 49.2 Å². The number of aromatic hydroxyl groups is 1. The van der Waals surface area contributed by atoms with Crippen LogP contribution < -0.4 is 10.6 Å². The number of benzene rings is 3. The van der Waals surface area contributed by atoms with Gasteiger partial charge in [-0.3, -0.25) is 4.79 Å². The number of carbonyl (C=O) groups excluding carboxylic acids is 1. The van der Waals surface area contributed by atoms with E-state index in [1.54, 1.807) is 36.4 Å². The molecule has 0 heterocycles. The van der Waals surface area contributed by atoms with Crippen molar-refractivity contribution >= 4 is 28.1 Å². The Morgan fingerprint density at radius 1 is 1.04 bits per heavy atom. The number of rotatable bonds is 4. The molecule has 3 aromatic rings. The minimum absolute atomic E-state index is 0.0497. The zero-order chi connectivity index (χ0) is 19.4. The molecule has 0 aromatic heterocycles. The summed E-state index contributed by atoms with van der Waals surface area (Å²) in [5.41, 5.74) is 3.46. The van der Waals surface area contributed by atoms with Gasteiger partial charge in [-0.1, -0.05) is 30.3 Å². The van der Waals surface area contributed by atoms with Crippen molar-refractivity contribution in [1.82, 2.24) is 0 Å². The Bertz CT molecular complexity index is 1070. The lowest BCUT2D eigenvalue weighted by molar-refractivity contribution is -0.112. The van der Waals surface area contributed by atoms with Crippen LogP contribution in [0.1, 0.15) is 11.1 Å². The number of nitrogens with one attached hydrogen (secondary N) is 2. The van der Waals surface area contributed by atoms with E-state index in [0.717, 1.165) is 16.8 Å². The number of fused-ring (bicyclic) bond motifs is 1. The zero-order valence-corrected chi connectivity index (χ0v) is 15.1. The summed E-state index contributed by atoms with van der Waals surface area (Å²) in [5.74, 6) is -0.388. The van der Waals surface area contributed by atoms with Crippen LogP contribution in [0.4, 0.5) is 11.4 Å². The molecule has 0 bridgehead atoms. The summed E-state index contributed by atoms with van der Waals surface area (Å²) < 4.78 is 0. The highest BCUT2D eigenvalue weighted by molar-refractivity contribution is 6.11. The molecule has 1 amide bonds. The standard InChI is InChI=1S/C22H19N3O2/c1-14-9-15(2)11-17(10-14)24-13-16(12-23)22(27)25-20-7-3-6-19-18(20)5-4-8-21(19)26/h3-11,13,24,26H,1-2H3,(H,25,27)/b16-13-. The average Bonchev–Trinajstić information content (AvgIpc) is 2.62. The summed E-state index contributed by atoms with van der Waals surface area (Å²) in [6.45, 7) is 3.96. The molecule has 0 saturated carbocycles. The number of hydrogen-bond acceptors (Lipinski definition) is 4. The predicted octanol–water partition coefficient (Wildman–Crippen LogP) is 4.62. The lowest BCUT2D eigenvalue weighted by Gasteiger charge is -2.10. The fourth-order valence-corrected chi connectivity index (χ4v) is 2.95. The number of aryl methyl sites for hydroxylation is 2. The van der Waals surface area contributed by atoms with E-state index in [9.17, 15) is 15.2 Å². The summed E-state index contributed by atoms with van der Waals surface area (Å²) in [4.78, 5) is 12.5. The van der Waals surface area contributed by atoms with E-state index in [1.807, 2.05) is 38.1 Å². The van der Waals surface area contributed by atoms with Gasteiger partial charge in [0.1, 0.15) is 17.4 Å². The minimum Gasteiger partial charge on any atom is -0.507 e. The van der Waals surface area contributed by atoms with E-state index in [0.29, 0.717) is 16.5 Å². The Balaban J connectivity index is 1.84. The van der Waals surface area contributed by atoms with Gasteiger partial charge in [0.15, 0.2) is 0 Å². The second-order valence-electron chi connectivity index (χ2n) is 6.32. The molecule has 3 rings (SSSR count). The van der Waals surface area contributed by atoms with E-state index in [-0.39, 0.29) is 11.3 Å². The van der Waals surface area contributed by atoms with Crippen molar-refractivity contribution in [2.24, 2.45) is 0 Å². The molecule has 0 spiro atoms. The van der Waals surface area contributed by atoms with Crippen LogP contribution in [0.15, 0.2) is 66.4 Å². The van der Waals surface area contributed by atoms with Crippen molar-refractivity contribution in [2.75, 3.05) is 10.6 Å². The first kappa shape index (κ1) is 18.0. The molecular weight excluding hydrogens is 338 g/mol. The molecule has 5 nitrogen and oxygen atoms in total. The van der Waals surface area contributed by atoms with E-state index in [4.69, 9.17) is 0 Å². The Morgan fingerprint density at radius 3 is 2.41 bits per heavy atom. The molecule has 3 aromatic carbocycles. The van der Waals surface area contributed by atoms with E-state index in [2.05, 4.69) is 10.6 Å². The highest BCUT2D eigenvalue weighted by atomic mass is 16.3. The number of hydrogen-bond donors (Lipinski definition) is 3. The third kappa shape index (κ3) is 4.07. The maximum atomic E-state index is 12.5. The lowest BCUT2D eigenvalue weighted by atomic mass is 10.1. The average molecular weight is 357 g/mol. The van der Waals surface area contributed by atoms with Crippen LogP contribution in [-0.2, 0) is 4.79 Å². The Morgan fingerprint density at radius 2 is 1.70 bits per heavy atom. The second kappa shape index (κ2) is 7.63. The van der Waals surface area contributed by atoms with Crippen molar-refractivity contribution < 1.29 is 9.90 Å². The van der Waals surface area contributed by atoms with Gasteiger partial charge in [0, 0.05) is 28.3 Å². The highest BCUT2D eigenvalue weighted by Crippen LogP contribution is 2.30. The Hall–Kier alpha value is -3.78. The van der Waals surface area contributed by atoms with Gasteiger partial charge in [-0.2, -0.15) is 5.26 Å². The van der Waals surface area contributed by atoms with E-state index in [1.165, 1.54) is 6.20 Å². The van der Waals surface area contributed by atoms with E-state index < -0.39 is 5.91 Å². The fourth-order valence-electron chi connectivity index (χ4n) is 2.95. The summed E-state index contributed by atoms with van der Waals surface area (Å²) in [5, 5.41) is 26.4. The zero-order valence-electron chi connectivity index (χ0n) is 15.1. The van der Waals surface area contributed by atoms with E-state index >= 15 is 0 Å². The molecule has 0 aliphatic rings. The number of phenolic OH excluding ortho intramolecular Hbond substituents is 1. The number of nitrogens with zero attached hydrogens (tertiary/aromatic N) is 1. The number of carbonyl (C=O) groups is 1. The van der Waals surface area contributed by atoms with Gasteiger partial charge in [-0.25, -0.2) is 0 Å². The van der Waals surface area contributed by atoms with Crippen LogP contribution >= 0.6 is 0 Å². The van der Waals surface area contributed by atoms with Crippen LogP contribution in [0, 0.1) is 25.2 Å². The molecule has 0 atom stereocenters. The third-order valence-corrected chi connectivity index (χ3v) is 4.12. The molecule has 27 heavy (non-hydrogen) atoms. The van der Waals surface area contributed by atoms with Crippen LogP contribution in [0.3, 0.4) is 0 Å². The van der Waals surface area contributed by atoms with Gasteiger partial charge < -0.3 is 15.7 Å². The molecule has 0 radical (unpaired) electrons.